The third kappa shape index (κ3) is 22.6. The second-order valence-electron chi connectivity index (χ2n) is 10.3. The number of rotatable bonds is 27. The van der Waals surface area contributed by atoms with Crippen LogP contribution in [0.2, 0.25) is 0 Å². The van der Waals surface area contributed by atoms with Gasteiger partial charge in [0.15, 0.2) is 0 Å². The van der Waals surface area contributed by atoms with Crippen LogP contribution in [0.3, 0.4) is 0 Å². The summed E-state index contributed by atoms with van der Waals surface area (Å²) in [6, 6.07) is 0. The van der Waals surface area contributed by atoms with E-state index < -0.39 is 17.9 Å². The van der Waals surface area contributed by atoms with E-state index in [4.69, 9.17) is 15.3 Å². The van der Waals surface area contributed by atoms with Gasteiger partial charge in [0.25, 0.3) is 0 Å². The van der Waals surface area contributed by atoms with Crippen molar-refractivity contribution in [1.29, 1.82) is 0 Å². The van der Waals surface area contributed by atoms with E-state index in [2.05, 4.69) is 19.1 Å². The van der Waals surface area contributed by atoms with Crippen molar-refractivity contribution in [2.45, 2.75) is 129 Å². The average Bonchev–Trinajstić information content (AvgIpc) is 2.83. The second-order valence-corrected chi connectivity index (χ2v) is 10.3. The van der Waals surface area contributed by atoms with Gasteiger partial charge < -0.3 is 19.8 Å². The number of aliphatic carboxylic acids is 3. The lowest BCUT2D eigenvalue weighted by atomic mass is 10.1. The van der Waals surface area contributed by atoms with Crippen LogP contribution in [0.4, 0.5) is 0 Å². The Morgan fingerprint density at radius 3 is 1.19 bits per heavy atom. The Bertz CT molecular complexity index is 559. The first-order valence-electron chi connectivity index (χ1n) is 14.5. The molecule has 36 heavy (non-hydrogen) atoms. The number of quaternary nitrogens is 1. The Morgan fingerprint density at radius 1 is 0.500 bits per heavy atom. The minimum absolute atomic E-state index is 0.0759. The summed E-state index contributed by atoms with van der Waals surface area (Å²) in [5, 5.41) is 27.3. The topological polar surface area (TPSA) is 112 Å². The zero-order valence-electron chi connectivity index (χ0n) is 22.9. The van der Waals surface area contributed by atoms with Gasteiger partial charge in [0.1, 0.15) is 0 Å². The molecule has 0 unspecified atom stereocenters. The molecule has 0 aromatic carbocycles. The zero-order valence-corrected chi connectivity index (χ0v) is 22.9. The molecule has 210 valence electrons. The molecule has 3 N–H and O–H groups in total. The van der Waals surface area contributed by atoms with Crippen molar-refractivity contribution in [3.05, 3.63) is 12.2 Å². The fourth-order valence-corrected chi connectivity index (χ4v) is 4.72. The first-order valence-corrected chi connectivity index (χ1v) is 14.5. The molecular formula is C29H54NO6+. The Balaban J connectivity index is 4.01. The molecule has 0 atom stereocenters. The van der Waals surface area contributed by atoms with Gasteiger partial charge in [-0.15, -0.1) is 0 Å². The van der Waals surface area contributed by atoms with Crippen molar-refractivity contribution < 1.29 is 34.2 Å². The average molecular weight is 513 g/mol. The molecule has 0 spiro atoms. The van der Waals surface area contributed by atoms with Crippen molar-refractivity contribution in [3.8, 4) is 0 Å². The molecule has 0 aromatic rings. The van der Waals surface area contributed by atoms with Gasteiger partial charge in [-0.2, -0.15) is 0 Å². The summed E-state index contributed by atoms with van der Waals surface area (Å²) in [6.45, 7) is 3.73. The number of carbonyl (C=O) groups is 3. The highest BCUT2D eigenvalue weighted by molar-refractivity contribution is 5.67. The number of allylic oxidation sites excluding steroid dienone is 2. The molecule has 0 amide bonds. The van der Waals surface area contributed by atoms with Gasteiger partial charge in [0.2, 0.25) is 0 Å². The van der Waals surface area contributed by atoms with Gasteiger partial charge in [0.05, 0.1) is 45.4 Å². The second kappa shape index (κ2) is 23.5. The molecule has 0 aliphatic rings. The first kappa shape index (κ1) is 34.1. The Morgan fingerprint density at radius 2 is 0.833 bits per heavy atom. The molecule has 0 saturated heterocycles. The van der Waals surface area contributed by atoms with Crippen LogP contribution >= 0.6 is 0 Å². The van der Waals surface area contributed by atoms with Crippen molar-refractivity contribution in [2.75, 3.05) is 26.2 Å². The zero-order chi connectivity index (χ0) is 26.9. The lowest BCUT2D eigenvalue weighted by Gasteiger charge is -2.38. The third-order valence-electron chi connectivity index (χ3n) is 7.04. The van der Waals surface area contributed by atoms with Gasteiger partial charge >= 0.3 is 17.9 Å². The van der Waals surface area contributed by atoms with Crippen molar-refractivity contribution in [2.24, 2.45) is 0 Å². The van der Waals surface area contributed by atoms with Crippen LogP contribution in [0.5, 0.6) is 0 Å². The Hall–Kier alpha value is -1.89. The summed E-state index contributed by atoms with van der Waals surface area (Å²) in [7, 11) is 0. The molecule has 7 nitrogen and oxygen atoms in total. The highest BCUT2D eigenvalue weighted by atomic mass is 16.4. The maximum absolute atomic E-state index is 11.1. The predicted octanol–water partition coefficient (Wildman–Crippen LogP) is 7.05. The molecule has 0 rings (SSSR count). The van der Waals surface area contributed by atoms with Gasteiger partial charge in [0, 0.05) is 0 Å². The van der Waals surface area contributed by atoms with Crippen LogP contribution in [0.25, 0.3) is 0 Å². The number of nitrogens with zero attached hydrogens (tertiary/aromatic N) is 1. The molecule has 0 aliphatic heterocycles. The standard InChI is InChI=1S/C29H53NO6/c1-2-3-4-5-6-7-8-9-10-11-12-13-14-15-16-17-18-19-23-30(24-20-27(31)32,25-21-28(33)34)26-22-29(35)36/h9-10H,2-8,11-26H2,1H3,(H2-,31,32,33,34,35,36)/p+1/b10-9+. The number of carboxylic acids is 3. The van der Waals surface area contributed by atoms with Crippen LogP contribution in [0.1, 0.15) is 129 Å². The van der Waals surface area contributed by atoms with E-state index >= 15 is 0 Å². The summed E-state index contributed by atoms with van der Waals surface area (Å²) < 4.78 is 0.261. The lowest BCUT2D eigenvalue weighted by Crippen LogP contribution is -2.52. The monoisotopic (exact) mass is 512 g/mol. The van der Waals surface area contributed by atoms with Crippen molar-refractivity contribution in [3.63, 3.8) is 0 Å². The molecule has 0 aliphatic carbocycles. The van der Waals surface area contributed by atoms with Crippen LogP contribution in [0, 0.1) is 0 Å². The Labute approximate surface area is 219 Å². The normalized spacial score (nSPS) is 11.8. The van der Waals surface area contributed by atoms with E-state index in [0.717, 1.165) is 19.3 Å². The molecule has 7 heteroatoms. The van der Waals surface area contributed by atoms with Crippen molar-refractivity contribution >= 4 is 17.9 Å². The predicted molar refractivity (Wildman–Crippen MR) is 145 cm³/mol. The third-order valence-corrected chi connectivity index (χ3v) is 7.04. The molecule has 0 heterocycles. The summed E-state index contributed by atoms with van der Waals surface area (Å²) in [5.74, 6) is -2.80. The molecule has 0 bridgehead atoms. The number of hydrogen-bond acceptors (Lipinski definition) is 3. The summed E-state index contributed by atoms with van der Waals surface area (Å²) in [5.41, 5.74) is 0. The minimum atomic E-state index is -0.934. The van der Waals surface area contributed by atoms with Gasteiger partial charge in [-0.3, -0.25) is 14.4 Å². The summed E-state index contributed by atoms with van der Waals surface area (Å²) in [6.07, 6.45) is 24.1. The van der Waals surface area contributed by atoms with Crippen LogP contribution in [0.15, 0.2) is 12.2 Å². The number of carboxylic acid groups (broad SMARTS) is 3. The highest BCUT2D eigenvalue weighted by Gasteiger charge is 2.29. The maximum Gasteiger partial charge on any atom is 0.309 e. The molecule has 0 saturated carbocycles. The highest BCUT2D eigenvalue weighted by Crippen LogP contribution is 2.17. The quantitative estimate of drug-likeness (QED) is 0.0618. The molecule has 0 fully saturated rings. The number of hydrogen-bond donors (Lipinski definition) is 3. The van der Waals surface area contributed by atoms with E-state index in [1.54, 1.807) is 0 Å². The van der Waals surface area contributed by atoms with Crippen molar-refractivity contribution in [1.82, 2.24) is 0 Å². The fourth-order valence-electron chi connectivity index (χ4n) is 4.72. The van der Waals surface area contributed by atoms with Crippen LogP contribution in [-0.4, -0.2) is 63.9 Å². The van der Waals surface area contributed by atoms with E-state index in [1.165, 1.54) is 83.5 Å². The first-order chi connectivity index (χ1) is 17.3. The van der Waals surface area contributed by atoms with Crippen LogP contribution in [-0.2, 0) is 14.4 Å². The fraction of sp³-hybridized carbons (Fsp3) is 0.828. The van der Waals surface area contributed by atoms with E-state index in [-0.39, 0.29) is 43.4 Å². The lowest BCUT2D eigenvalue weighted by molar-refractivity contribution is -0.927. The largest absolute Gasteiger partial charge is 0.481 e. The smallest absolute Gasteiger partial charge is 0.309 e. The maximum atomic E-state index is 11.1. The van der Waals surface area contributed by atoms with Crippen LogP contribution < -0.4 is 0 Å². The van der Waals surface area contributed by atoms with Gasteiger partial charge in [-0.1, -0.05) is 83.3 Å². The van der Waals surface area contributed by atoms with E-state index in [9.17, 15) is 14.4 Å². The summed E-state index contributed by atoms with van der Waals surface area (Å²) >= 11 is 0. The Kier molecular flexibility index (Phi) is 22.3. The SMILES string of the molecule is CCCCCCCC/C=C/CCCCCCCCCC[N+](CCC(=O)O)(CCC(=O)O)CCC(=O)O. The summed E-state index contributed by atoms with van der Waals surface area (Å²) in [4.78, 5) is 33.4. The number of unbranched alkanes of at least 4 members (excludes halogenated alkanes) is 14. The molecule has 0 aromatic heterocycles. The van der Waals surface area contributed by atoms with Gasteiger partial charge in [-0.25, -0.2) is 0 Å². The van der Waals surface area contributed by atoms with E-state index in [1.807, 2.05) is 0 Å². The molecular weight excluding hydrogens is 458 g/mol. The molecule has 0 radical (unpaired) electrons. The van der Waals surface area contributed by atoms with Gasteiger partial charge in [-0.05, 0) is 38.5 Å². The van der Waals surface area contributed by atoms with E-state index in [0.29, 0.717) is 6.54 Å². The minimum Gasteiger partial charge on any atom is -0.481 e.